The Hall–Kier alpha value is -1.05. The molecule has 0 saturated carbocycles. The normalized spacial score (nSPS) is 18.4. The number of aliphatic hydroxyl groups is 1. The van der Waals surface area contributed by atoms with Crippen molar-refractivity contribution in [1.82, 2.24) is 0 Å². The molecule has 5 nitrogen and oxygen atoms in total. The zero-order chi connectivity index (χ0) is 18.1. The van der Waals surface area contributed by atoms with Crippen LogP contribution in [0.15, 0.2) is 29.3 Å². The van der Waals surface area contributed by atoms with E-state index in [-0.39, 0.29) is 29.5 Å². The number of alkyl halides is 3. The van der Waals surface area contributed by atoms with Crippen molar-refractivity contribution < 1.29 is 36.6 Å². The molecule has 0 aromatic heterocycles. The minimum atomic E-state index is -5.00. The lowest BCUT2D eigenvalue weighted by molar-refractivity contribution is -0.119. The molecule has 0 saturated heterocycles. The molecule has 1 atom stereocenters. The van der Waals surface area contributed by atoms with E-state index >= 15 is 0 Å². The number of benzene rings is 1. The van der Waals surface area contributed by atoms with Gasteiger partial charge in [-0.05, 0) is 32.0 Å². The van der Waals surface area contributed by atoms with Crippen LogP contribution >= 0.6 is 19.2 Å². The standard InChI is InChI=1S/C14H15ClF3O5P/c1-3-21-24(20,22-4-2)12-11(19)9-7-8(15)5-6-10(9)23-13(12)14(16,17)18/h5-7,11,19H,3-4H2,1-2H3. The number of halogens is 4. The Labute approximate surface area is 141 Å². The van der Waals surface area contributed by atoms with E-state index in [9.17, 15) is 22.8 Å². The van der Waals surface area contributed by atoms with Crippen molar-refractivity contribution in [3.8, 4) is 5.75 Å². The first-order valence-corrected chi connectivity index (χ1v) is 8.92. The highest BCUT2D eigenvalue weighted by Crippen LogP contribution is 2.64. The van der Waals surface area contributed by atoms with Crippen LogP contribution in [0.25, 0.3) is 0 Å². The van der Waals surface area contributed by atoms with Crippen LogP contribution in [0, 0.1) is 0 Å². The lowest BCUT2D eigenvalue weighted by atomic mass is 10.0. The van der Waals surface area contributed by atoms with Gasteiger partial charge < -0.3 is 18.9 Å². The largest absolute Gasteiger partial charge is 0.451 e. The first-order chi connectivity index (χ1) is 11.1. The molecule has 1 aliphatic rings. The van der Waals surface area contributed by atoms with Crippen molar-refractivity contribution in [1.29, 1.82) is 0 Å². The lowest BCUT2D eigenvalue weighted by Crippen LogP contribution is -2.27. The van der Waals surface area contributed by atoms with Crippen molar-refractivity contribution in [3.05, 3.63) is 39.9 Å². The quantitative estimate of drug-likeness (QED) is 0.736. The molecule has 1 N–H and O–H groups in total. The molecule has 1 aromatic carbocycles. The summed E-state index contributed by atoms with van der Waals surface area (Å²) < 4.78 is 67.8. The third-order valence-electron chi connectivity index (χ3n) is 3.12. The van der Waals surface area contributed by atoms with E-state index in [0.717, 1.165) is 0 Å². The number of allylic oxidation sites excluding steroid dienone is 1. The van der Waals surface area contributed by atoms with Crippen molar-refractivity contribution in [2.75, 3.05) is 13.2 Å². The van der Waals surface area contributed by atoms with E-state index in [4.69, 9.17) is 25.4 Å². The van der Waals surface area contributed by atoms with Crippen molar-refractivity contribution >= 4 is 19.2 Å². The highest BCUT2D eigenvalue weighted by atomic mass is 35.5. The highest BCUT2D eigenvalue weighted by Gasteiger charge is 2.51. The highest BCUT2D eigenvalue weighted by molar-refractivity contribution is 7.58. The van der Waals surface area contributed by atoms with Gasteiger partial charge >= 0.3 is 13.8 Å². The fourth-order valence-electron chi connectivity index (χ4n) is 2.25. The second kappa shape index (κ2) is 7.06. The molecular weight excluding hydrogens is 372 g/mol. The summed E-state index contributed by atoms with van der Waals surface area (Å²) in [6, 6.07) is 3.74. The molecule has 1 aliphatic heterocycles. The monoisotopic (exact) mass is 386 g/mol. The maximum atomic E-state index is 13.4. The van der Waals surface area contributed by atoms with Gasteiger partial charge in [0.1, 0.15) is 17.2 Å². The van der Waals surface area contributed by atoms with Gasteiger partial charge in [-0.15, -0.1) is 0 Å². The van der Waals surface area contributed by atoms with Crippen LogP contribution in [0.5, 0.6) is 5.75 Å². The number of aliphatic hydroxyl groups excluding tert-OH is 1. The Bertz CT molecular complexity index is 694. The number of rotatable bonds is 5. The van der Waals surface area contributed by atoms with Crippen LogP contribution in [0.3, 0.4) is 0 Å². The molecule has 134 valence electrons. The minimum absolute atomic E-state index is 0.0508. The van der Waals surface area contributed by atoms with E-state index in [1.54, 1.807) is 0 Å². The summed E-state index contributed by atoms with van der Waals surface area (Å²) in [4.78, 5) is 0. The summed E-state index contributed by atoms with van der Waals surface area (Å²) in [5.74, 6) is -1.84. The first kappa shape index (κ1) is 19.3. The summed E-state index contributed by atoms with van der Waals surface area (Å²) in [6.45, 7) is 2.53. The maximum absolute atomic E-state index is 13.4. The minimum Gasteiger partial charge on any atom is -0.451 e. The molecule has 1 unspecified atom stereocenters. The Morgan fingerprint density at radius 2 is 1.88 bits per heavy atom. The van der Waals surface area contributed by atoms with Crippen molar-refractivity contribution in [3.63, 3.8) is 0 Å². The predicted octanol–water partition coefficient (Wildman–Crippen LogP) is 4.81. The van der Waals surface area contributed by atoms with E-state index < -0.39 is 30.9 Å². The lowest BCUT2D eigenvalue weighted by Gasteiger charge is -2.31. The van der Waals surface area contributed by atoms with Gasteiger partial charge in [-0.2, -0.15) is 13.2 Å². The molecule has 2 rings (SSSR count). The average molecular weight is 387 g/mol. The molecule has 24 heavy (non-hydrogen) atoms. The molecule has 0 fully saturated rings. The van der Waals surface area contributed by atoms with Gasteiger partial charge in [-0.1, -0.05) is 11.6 Å². The molecule has 1 heterocycles. The maximum Gasteiger partial charge on any atom is 0.450 e. The molecule has 10 heteroatoms. The van der Waals surface area contributed by atoms with Crippen molar-refractivity contribution in [2.24, 2.45) is 0 Å². The summed E-state index contributed by atoms with van der Waals surface area (Å²) >= 11 is 5.82. The molecule has 0 amide bonds. The summed E-state index contributed by atoms with van der Waals surface area (Å²) in [7, 11) is -4.43. The van der Waals surface area contributed by atoms with Crippen LogP contribution in [0.1, 0.15) is 25.5 Å². The van der Waals surface area contributed by atoms with E-state index in [1.807, 2.05) is 0 Å². The molecule has 0 spiro atoms. The molecular formula is C14H15ClF3O5P. The van der Waals surface area contributed by atoms with Crippen LogP contribution in [0.2, 0.25) is 5.02 Å². The molecule has 0 aliphatic carbocycles. The summed E-state index contributed by atoms with van der Waals surface area (Å²) in [6.07, 6.45) is -6.90. The predicted molar refractivity (Wildman–Crippen MR) is 81.0 cm³/mol. The fraction of sp³-hybridized carbons (Fsp3) is 0.429. The fourth-order valence-corrected chi connectivity index (χ4v) is 4.33. The smallest absolute Gasteiger partial charge is 0.450 e. The Morgan fingerprint density at radius 1 is 1.29 bits per heavy atom. The van der Waals surface area contributed by atoms with Gasteiger partial charge in [0.15, 0.2) is 0 Å². The number of hydrogen-bond donors (Lipinski definition) is 1. The molecule has 0 radical (unpaired) electrons. The Morgan fingerprint density at radius 3 is 2.38 bits per heavy atom. The number of fused-ring (bicyclic) bond motifs is 1. The second-order valence-electron chi connectivity index (χ2n) is 4.73. The van der Waals surface area contributed by atoms with E-state index in [0.29, 0.717) is 0 Å². The van der Waals surface area contributed by atoms with Gasteiger partial charge in [0.05, 0.1) is 13.2 Å². The Balaban J connectivity index is 2.69. The second-order valence-corrected chi connectivity index (χ2v) is 7.16. The van der Waals surface area contributed by atoms with Gasteiger partial charge in [0.25, 0.3) is 0 Å². The summed E-state index contributed by atoms with van der Waals surface area (Å²) in [5, 5.41) is 9.64. The third-order valence-corrected chi connectivity index (χ3v) is 5.59. The van der Waals surface area contributed by atoms with Crippen molar-refractivity contribution in [2.45, 2.75) is 26.1 Å². The van der Waals surface area contributed by atoms with Gasteiger partial charge in [0.2, 0.25) is 5.76 Å². The van der Waals surface area contributed by atoms with E-state index in [2.05, 4.69) is 0 Å². The SMILES string of the molecule is CCOP(=O)(OCC)C1=C(C(F)(F)F)Oc2ccc(Cl)cc2C1O. The number of hydrogen-bond acceptors (Lipinski definition) is 5. The van der Waals surface area contributed by atoms with Crippen LogP contribution in [0.4, 0.5) is 13.2 Å². The molecule has 0 bridgehead atoms. The van der Waals surface area contributed by atoms with Crippen LogP contribution in [-0.2, 0) is 13.6 Å². The zero-order valence-electron chi connectivity index (χ0n) is 12.8. The molecule has 1 aromatic rings. The van der Waals surface area contributed by atoms with E-state index in [1.165, 1.54) is 32.0 Å². The topological polar surface area (TPSA) is 65.0 Å². The third kappa shape index (κ3) is 3.63. The van der Waals surface area contributed by atoms with Gasteiger partial charge in [-0.3, -0.25) is 4.57 Å². The van der Waals surface area contributed by atoms with Crippen LogP contribution in [-0.4, -0.2) is 24.5 Å². The average Bonchev–Trinajstić information content (AvgIpc) is 2.47. The van der Waals surface area contributed by atoms with Gasteiger partial charge in [0, 0.05) is 10.6 Å². The van der Waals surface area contributed by atoms with Crippen LogP contribution < -0.4 is 4.74 Å². The zero-order valence-corrected chi connectivity index (χ0v) is 14.4. The summed E-state index contributed by atoms with van der Waals surface area (Å²) in [5.41, 5.74) is -0.0508. The number of ether oxygens (including phenoxy) is 1. The Kier molecular flexibility index (Phi) is 5.67. The first-order valence-electron chi connectivity index (χ1n) is 7.00. The van der Waals surface area contributed by atoms with Gasteiger partial charge in [-0.25, -0.2) is 0 Å².